The van der Waals surface area contributed by atoms with Crippen LogP contribution in [0.3, 0.4) is 0 Å². The molecule has 2 heterocycles. The van der Waals surface area contributed by atoms with Crippen molar-refractivity contribution in [3.8, 4) is 0 Å². The lowest BCUT2D eigenvalue weighted by molar-refractivity contribution is 0.0596. The van der Waals surface area contributed by atoms with Crippen LogP contribution >= 0.6 is 0 Å². The van der Waals surface area contributed by atoms with Crippen molar-refractivity contribution < 1.29 is 9.53 Å². The van der Waals surface area contributed by atoms with Gasteiger partial charge in [0.05, 0.1) is 25.7 Å². The zero-order chi connectivity index (χ0) is 13.8. The molecule has 0 saturated carbocycles. The molecule has 2 aromatic rings. The van der Waals surface area contributed by atoms with Gasteiger partial charge in [0.2, 0.25) is 0 Å². The minimum atomic E-state index is -0.534. The van der Waals surface area contributed by atoms with Gasteiger partial charge < -0.3 is 15.0 Å². The van der Waals surface area contributed by atoms with Crippen molar-refractivity contribution in [3.63, 3.8) is 0 Å². The predicted molar refractivity (Wildman–Crippen MR) is 70.7 cm³/mol. The Hall–Kier alpha value is -2.37. The number of anilines is 1. The van der Waals surface area contributed by atoms with Gasteiger partial charge in [0.15, 0.2) is 5.69 Å². The number of nitrogens with two attached hydrogens (primary N) is 1. The average Bonchev–Trinajstić information content (AvgIpc) is 2.80. The highest BCUT2D eigenvalue weighted by Crippen LogP contribution is 2.15. The van der Waals surface area contributed by atoms with E-state index in [0.29, 0.717) is 12.4 Å². The number of rotatable bonds is 4. The molecule has 2 aromatic heterocycles. The van der Waals surface area contributed by atoms with Crippen LogP contribution in [0.2, 0.25) is 0 Å². The maximum Gasteiger partial charge on any atom is 0.360 e. The van der Waals surface area contributed by atoms with Crippen LogP contribution in [0.25, 0.3) is 0 Å². The second kappa shape index (κ2) is 5.51. The van der Waals surface area contributed by atoms with Crippen molar-refractivity contribution in [2.45, 2.75) is 19.9 Å². The van der Waals surface area contributed by atoms with E-state index in [-0.39, 0.29) is 5.69 Å². The Morgan fingerprint density at radius 3 is 2.95 bits per heavy atom. The minimum Gasteiger partial charge on any atom is -0.464 e. The summed E-state index contributed by atoms with van der Waals surface area (Å²) < 4.78 is 6.30. The molecule has 6 nitrogen and oxygen atoms in total. The molecule has 6 heteroatoms. The first-order valence-corrected chi connectivity index (χ1v) is 5.99. The summed E-state index contributed by atoms with van der Waals surface area (Å²) in [6.07, 6.45) is 4.15. The first kappa shape index (κ1) is 13.1. The lowest BCUT2D eigenvalue weighted by Gasteiger charge is -2.08. The van der Waals surface area contributed by atoms with Crippen LogP contribution in [0.5, 0.6) is 0 Å². The number of nitrogens with zero attached hydrogens (tertiary/aromatic N) is 3. The largest absolute Gasteiger partial charge is 0.464 e. The summed E-state index contributed by atoms with van der Waals surface area (Å²) in [5.74, 6) is -0.243. The molecule has 0 saturated heterocycles. The number of ether oxygens (including phenoxy) is 1. The van der Waals surface area contributed by atoms with Gasteiger partial charge in [0.25, 0.3) is 0 Å². The SMILES string of the molecule is CCc1cccnc1Cn1cnc(C(=O)OC)c1N. The maximum atomic E-state index is 11.4. The van der Waals surface area contributed by atoms with Gasteiger partial charge in [0, 0.05) is 6.20 Å². The third-order valence-corrected chi connectivity index (χ3v) is 2.94. The number of aryl methyl sites for hydroxylation is 1. The molecular weight excluding hydrogens is 244 g/mol. The monoisotopic (exact) mass is 260 g/mol. The van der Waals surface area contributed by atoms with Gasteiger partial charge in [-0.3, -0.25) is 4.98 Å². The number of aromatic nitrogens is 3. The lowest BCUT2D eigenvalue weighted by Crippen LogP contribution is -2.10. The number of imidazole rings is 1. The fourth-order valence-corrected chi connectivity index (χ4v) is 1.87. The number of esters is 1. The van der Waals surface area contributed by atoms with Crippen LogP contribution in [0.4, 0.5) is 5.82 Å². The first-order chi connectivity index (χ1) is 9.17. The van der Waals surface area contributed by atoms with Crippen LogP contribution < -0.4 is 5.73 Å². The predicted octanol–water partition coefficient (Wildman–Crippen LogP) is 1.26. The van der Waals surface area contributed by atoms with Crippen LogP contribution in [0, 0.1) is 0 Å². The van der Waals surface area contributed by atoms with E-state index in [1.165, 1.54) is 13.4 Å². The summed E-state index contributed by atoms with van der Waals surface area (Å²) in [4.78, 5) is 19.7. The Bertz CT molecular complexity index is 592. The van der Waals surface area contributed by atoms with E-state index in [2.05, 4.69) is 21.6 Å². The molecule has 0 aromatic carbocycles. The molecule has 0 atom stereocenters. The van der Waals surface area contributed by atoms with Gasteiger partial charge in [-0.05, 0) is 18.1 Å². The zero-order valence-corrected chi connectivity index (χ0v) is 11.0. The van der Waals surface area contributed by atoms with E-state index in [1.54, 1.807) is 10.8 Å². The number of nitrogen functional groups attached to an aromatic ring is 1. The third kappa shape index (κ3) is 2.57. The molecule has 100 valence electrons. The van der Waals surface area contributed by atoms with Crippen molar-refractivity contribution in [1.29, 1.82) is 0 Å². The Balaban J connectivity index is 2.29. The number of carbonyl (C=O) groups is 1. The molecule has 0 aliphatic carbocycles. The van der Waals surface area contributed by atoms with Gasteiger partial charge in [-0.1, -0.05) is 13.0 Å². The molecule has 0 aliphatic heterocycles. The normalized spacial score (nSPS) is 10.4. The van der Waals surface area contributed by atoms with E-state index < -0.39 is 5.97 Å². The second-order valence-electron chi connectivity index (χ2n) is 4.06. The molecule has 0 spiro atoms. The molecule has 2 rings (SSSR count). The standard InChI is InChI=1S/C13H16N4O2/c1-3-9-5-4-6-15-10(9)7-17-8-16-11(12(17)14)13(18)19-2/h4-6,8H,3,7,14H2,1-2H3. The van der Waals surface area contributed by atoms with E-state index in [9.17, 15) is 4.79 Å². The number of hydrogen-bond acceptors (Lipinski definition) is 5. The summed E-state index contributed by atoms with van der Waals surface area (Å²) in [5, 5.41) is 0. The van der Waals surface area contributed by atoms with E-state index >= 15 is 0 Å². The van der Waals surface area contributed by atoms with Gasteiger partial charge in [-0.2, -0.15) is 0 Å². The minimum absolute atomic E-state index is 0.136. The molecule has 2 N–H and O–H groups in total. The Kier molecular flexibility index (Phi) is 3.79. The Morgan fingerprint density at radius 1 is 1.47 bits per heavy atom. The second-order valence-corrected chi connectivity index (χ2v) is 4.06. The van der Waals surface area contributed by atoms with Crippen LogP contribution in [0.15, 0.2) is 24.7 Å². The summed E-state index contributed by atoms with van der Waals surface area (Å²) in [5.41, 5.74) is 8.10. The molecule has 19 heavy (non-hydrogen) atoms. The number of hydrogen-bond donors (Lipinski definition) is 1. The fraction of sp³-hybridized carbons (Fsp3) is 0.308. The van der Waals surface area contributed by atoms with E-state index in [0.717, 1.165) is 17.7 Å². The van der Waals surface area contributed by atoms with Gasteiger partial charge in [-0.15, -0.1) is 0 Å². The van der Waals surface area contributed by atoms with Gasteiger partial charge in [0.1, 0.15) is 5.82 Å². The molecule has 0 unspecified atom stereocenters. The van der Waals surface area contributed by atoms with Crippen molar-refractivity contribution in [3.05, 3.63) is 41.6 Å². The van der Waals surface area contributed by atoms with Crippen LogP contribution in [-0.2, 0) is 17.7 Å². The number of methoxy groups -OCH3 is 1. The quantitative estimate of drug-likeness (QED) is 0.837. The topological polar surface area (TPSA) is 83.0 Å². The molecular formula is C13H16N4O2. The fourth-order valence-electron chi connectivity index (χ4n) is 1.87. The van der Waals surface area contributed by atoms with Gasteiger partial charge >= 0.3 is 5.97 Å². The first-order valence-electron chi connectivity index (χ1n) is 5.99. The summed E-state index contributed by atoms with van der Waals surface area (Å²) >= 11 is 0. The Morgan fingerprint density at radius 2 is 2.26 bits per heavy atom. The van der Waals surface area contributed by atoms with Crippen LogP contribution in [-0.4, -0.2) is 27.6 Å². The third-order valence-electron chi connectivity index (χ3n) is 2.94. The molecule has 0 radical (unpaired) electrons. The highest BCUT2D eigenvalue weighted by atomic mass is 16.5. The molecule has 0 bridgehead atoms. The van der Waals surface area contributed by atoms with Crippen LogP contribution in [0.1, 0.15) is 28.7 Å². The highest BCUT2D eigenvalue weighted by Gasteiger charge is 2.16. The summed E-state index contributed by atoms with van der Waals surface area (Å²) in [6, 6.07) is 3.93. The smallest absolute Gasteiger partial charge is 0.360 e. The van der Waals surface area contributed by atoms with Crippen molar-refractivity contribution in [2.75, 3.05) is 12.8 Å². The number of pyridine rings is 1. The zero-order valence-electron chi connectivity index (χ0n) is 11.0. The van der Waals surface area contributed by atoms with Crippen molar-refractivity contribution >= 4 is 11.8 Å². The van der Waals surface area contributed by atoms with E-state index in [1.807, 2.05) is 12.1 Å². The lowest BCUT2D eigenvalue weighted by atomic mass is 10.1. The van der Waals surface area contributed by atoms with Gasteiger partial charge in [-0.25, -0.2) is 9.78 Å². The Labute approximate surface area is 111 Å². The summed E-state index contributed by atoms with van der Waals surface area (Å²) in [6.45, 7) is 2.55. The molecule has 0 fully saturated rings. The van der Waals surface area contributed by atoms with E-state index in [4.69, 9.17) is 5.73 Å². The van der Waals surface area contributed by atoms with Crippen molar-refractivity contribution in [2.24, 2.45) is 0 Å². The number of carbonyl (C=O) groups excluding carboxylic acids is 1. The molecule has 0 aliphatic rings. The molecule has 0 amide bonds. The summed E-state index contributed by atoms with van der Waals surface area (Å²) in [7, 11) is 1.30. The maximum absolute atomic E-state index is 11.4. The highest BCUT2D eigenvalue weighted by molar-refractivity contribution is 5.92. The average molecular weight is 260 g/mol. The van der Waals surface area contributed by atoms with Crippen molar-refractivity contribution in [1.82, 2.24) is 14.5 Å².